The van der Waals surface area contributed by atoms with Gasteiger partial charge in [-0.15, -0.1) is 0 Å². The number of hydrogen-bond donors (Lipinski definition) is 1. The van der Waals surface area contributed by atoms with E-state index in [1.165, 1.54) is 25.3 Å². The highest BCUT2D eigenvalue weighted by atomic mass is 16.5. The molecule has 0 atom stereocenters. The fourth-order valence-corrected chi connectivity index (χ4v) is 2.30. The van der Waals surface area contributed by atoms with Gasteiger partial charge in [0.2, 0.25) is 0 Å². The van der Waals surface area contributed by atoms with Crippen molar-refractivity contribution < 1.29 is 19.0 Å². The van der Waals surface area contributed by atoms with Gasteiger partial charge in [-0.3, -0.25) is 4.79 Å². The lowest BCUT2D eigenvalue weighted by atomic mass is 10.1. The normalized spacial score (nSPS) is 10.6. The van der Waals surface area contributed by atoms with Crippen LogP contribution in [0.15, 0.2) is 51.7 Å². The van der Waals surface area contributed by atoms with E-state index in [0.29, 0.717) is 16.9 Å². The molecule has 2 aromatic carbocycles. The van der Waals surface area contributed by atoms with E-state index in [4.69, 9.17) is 13.9 Å². The Hall–Kier alpha value is -2.95. The largest absolute Gasteiger partial charge is 0.508 e. The van der Waals surface area contributed by atoms with Gasteiger partial charge in [-0.1, -0.05) is 0 Å². The third-order valence-corrected chi connectivity index (χ3v) is 3.37. The molecule has 1 aromatic heterocycles. The van der Waals surface area contributed by atoms with Crippen LogP contribution < -0.4 is 14.9 Å². The first-order valence-electron chi connectivity index (χ1n) is 6.61. The van der Waals surface area contributed by atoms with E-state index in [0.717, 1.165) is 5.56 Å². The Balaban J connectivity index is 2.22. The van der Waals surface area contributed by atoms with Crippen LogP contribution in [0.1, 0.15) is 0 Å². The van der Waals surface area contributed by atoms with Crippen molar-refractivity contribution in [1.82, 2.24) is 0 Å². The van der Waals surface area contributed by atoms with Crippen LogP contribution in [0.3, 0.4) is 0 Å². The van der Waals surface area contributed by atoms with Gasteiger partial charge < -0.3 is 19.0 Å². The molecule has 0 aliphatic heterocycles. The fraction of sp³-hybridized carbons (Fsp3) is 0.118. The minimum Gasteiger partial charge on any atom is -0.508 e. The van der Waals surface area contributed by atoms with Gasteiger partial charge in [-0.05, 0) is 24.3 Å². The molecular weight excluding hydrogens is 284 g/mol. The lowest BCUT2D eigenvalue weighted by Gasteiger charge is -2.08. The number of fused-ring (bicyclic) bond motifs is 1. The minimum absolute atomic E-state index is 0.0284. The number of hydrogen-bond acceptors (Lipinski definition) is 5. The number of methoxy groups -OCH3 is 2. The van der Waals surface area contributed by atoms with Crippen LogP contribution in [0, 0.1) is 0 Å². The molecule has 3 aromatic rings. The van der Waals surface area contributed by atoms with Gasteiger partial charge in [0.25, 0.3) is 0 Å². The van der Waals surface area contributed by atoms with E-state index in [1.807, 2.05) is 0 Å². The molecule has 22 heavy (non-hydrogen) atoms. The molecule has 0 bridgehead atoms. The van der Waals surface area contributed by atoms with Crippen molar-refractivity contribution in [2.24, 2.45) is 0 Å². The van der Waals surface area contributed by atoms with Crippen molar-refractivity contribution in [2.75, 3.05) is 14.2 Å². The highest BCUT2D eigenvalue weighted by Crippen LogP contribution is 2.31. The lowest BCUT2D eigenvalue weighted by Crippen LogP contribution is -2.02. The number of aromatic hydroxyl groups is 1. The lowest BCUT2D eigenvalue weighted by molar-refractivity contribution is 0.411. The van der Waals surface area contributed by atoms with E-state index in [9.17, 15) is 9.90 Å². The average molecular weight is 298 g/mol. The second-order valence-corrected chi connectivity index (χ2v) is 4.72. The Kier molecular flexibility index (Phi) is 3.47. The Morgan fingerprint density at radius 2 is 1.73 bits per heavy atom. The molecule has 0 aliphatic carbocycles. The van der Waals surface area contributed by atoms with Crippen LogP contribution in [0.25, 0.3) is 22.3 Å². The maximum absolute atomic E-state index is 12.3. The molecule has 112 valence electrons. The molecule has 0 unspecified atom stereocenters. The summed E-state index contributed by atoms with van der Waals surface area (Å²) in [6.07, 6.45) is 0. The Labute approximate surface area is 126 Å². The van der Waals surface area contributed by atoms with Crippen LogP contribution in [0.4, 0.5) is 0 Å². The third-order valence-electron chi connectivity index (χ3n) is 3.37. The quantitative estimate of drug-likeness (QED) is 0.804. The first kappa shape index (κ1) is 14.0. The molecule has 0 spiro atoms. The van der Waals surface area contributed by atoms with E-state index < -0.39 is 0 Å². The summed E-state index contributed by atoms with van der Waals surface area (Å²) in [6, 6.07) is 11.3. The van der Waals surface area contributed by atoms with Crippen molar-refractivity contribution in [3.63, 3.8) is 0 Å². The molecule has 3 rings (SSSR count). The monoisotopic (exact) mass is 298 g/mol. The molecule has 0 radical (unpaired) electrons. The number of rotatable bonds is 3. The number of benzene rings is 2. The number of phenolic OH excluding ortho intramolecular Hbond substituents is 1. The Bertz CT molecular complexity index is 878. The third kappa shape index (κ3) is 2.37. The van der Waals surface area contributed by atoms with Crippen molar-refractivity contribution >= 4 is 11.0 Å². The zero-order valence-electron chi connectivity index (χ0n) is 12.1. The molecule has 0 saturated carbocycles. The van der Waals surface area contributed by atoms with Gasteiger partial charge in [-0.2, -0.15) is 0 Å². The average Bonchev–Trinajstić information content (AvgIpc) is 2.53. The van der Waals surface area contributed by atoms with Gasteiger partial charge in [0, 0.05) is 23.8 Å². The predicted octanol–water partition coefficient (Wildman–Crippen LogP) is 3.18. The summed E-state index contributed by atoms with van der Waals surface area (Å²) in [7, 11) is 3.02. The summed E-state index contributed by atoms with van der Waals surface area (Å²) in [5, 5.41) is 10.0. The Morgan fingerprint density at radius 1 is 1.00 bits per heavy atom. The summed E-state index contributed by atoms with van der Waals surface area (Å²) < 4.78 is 16.0. The molecule has 5 heteroatoms. The minimum atomic E-state index is -0.232. The van der Waals surface area contributed by atoms with Crippen molar-refractivity contribution in [3.05, 3.63) is 52.7 Å². The Morgan fingerprint density at radius 3 is 2.36 bits per heavy atom. The summed E-state index contributed by atoms with van der Waals surface area (Å²) in [4.78, 5) is 12.3. The molecule has 0 fully saturated rings. The van der Waals surface area contributed by atoms with Gasteiger partial charge >= 0.3 is 0 Å². The molecule has 5 nitrogen and oxygen atoms in total. The second kappa shape index (κ2) is 5.44. The second-order valence-electron chi connectivity index (χ2n) is 4.72. The molecule has 0 amide bonds. The summed E-state index contributed by atoms with van der Waals surface area (Å²) >= 11 is 0. The first-order valence-corrected chi connectivity index (χ1v) is 6.61. The standard InChI is InChI=1S/C17H14O5/c1-20-12-5-3-10(4-6-12)14-9-13(19)17-15(21-2)7-11(18)8-16(17)22-14/h3-9,18H,1-2H3. The molecular formula is C17H14O5. The highest BCUT2D eigenvalue weighted by Gasteiger charge is 2.13. The zero-order chi connectivity index (χ0) is 15.7. The summed E-state index contributed by atoms with van der Waals surface area (Å²) in [5.74, 6) is 1.38. The topological polar surface area (TPSA) is 68.9 Å². The van der Waals surface area contributed by atoms with Crippen LogP contribution in [-0.4, -0.2) is 19.3 Å². The van der Waals surface area contributed by atoms with Crippen LogP contribution in [0.5, 0.6) is 17.2 Å². The highest BCUT2D eigenvalue weighted by molar-refractivity contribution is 5.86. The zero-order valence-corrected chi connectivity index (χ0v) is 12.1. The van der Waals surface area contributed by atoms with E-state index in [1.54, 1.807) is 31.4 Å². The van der Waals surface area contributed by atoms with Gasteiger partial charge in [0.1, 0.15) is 34.0 Å². The summed E-state index contributed by atoms with van der Waals surface area (Å²) in [6.45, 7) is 0. The SMILES string of the molecule is COc1ccc(-c2cc(=O)c3c(OC)cc(O)cc3o2)cc1. The van der Waals surface area contributed by atoms with Crippen molar-refractivity contribution in [1.29, 1.82) is 0 Å². The first-order chi connectivity index (χ1) is 10.6. The van der Waals surface area contributed by atoms with E-state index >= 15 is 0 Å². The van der Waals surface area contributed by atoms with E-state index in [2.05, 4.69) is 0 Å². The number of ether oxygens (including phenoxy) is 2. The van der Waals surface area contributed by atoms with Crippen molar-refractivity contribution in [3.8, 4) is 28.6 Å². The van der Waals surface area contributed by atoms with Crippen LogP contribution >= 0.6 is 0 Å². The van der Waals surface area contributed by atoms with Crippen LogP contribution in [0.2, 0.25) is 0 Å². The van der Waals surface area contributed by atoms with Gasteiger partial charge in [-0.25, -0.2) is 0 Å². The fourth-order valence-electron chi connectivity index (χ4n) is 2.30. The van der Waals surface area contributed by atoms with Gasteiger partial charge in [0.15, 0.2) is 5.43 Å². The molecule has 1 heterocycles. The molecule has 1 N–H and O–H groups in total. The maximum Gasteiger partial charge on any atom is 0.197 e. The molecule has 0 saturated heterocycles. The number of phenols is 1. The predicted molar refractivity (Wildman–Crippen MR) is 82.7 cm³/mol. The van der Waals surface area contributed by atoms with Crippen LogP contribution in [-0.2, 0) is 0 Å². The van der Waals surface area contributed by atoms with Gasteiger partial charge in [0.05, 0.1) is 14.2 Å². The van der Waals surface area contributed by atoms with Crippen molar-refractivity contribution in [2.45, 2.75) is 0 Å². The summed E-state index contributed by atoms with van der Waals surface area (Å²) in [5.41, 5.74) is 0.779. The molecule has 0 aliphatic rings. The smallest absolute Gasteiger partial charge is 0.197 e. The maximum atomic E-state index is 12.3. The van der Waals surface area contributed by atoms with E-state index in [-0.39, 0.29) is 22.5 Å².